The molecule has 1 aliphatic rings. The van der Waals surface area contributed by atoms with Gasteiger partial charge >= 0.3 is 0 Å². The first kappa shape index (κ1) is 16.9. The molecule has 1 aliphatic heterocycles. The van der Waals surface area contributed by atoms with E-state index in [0.717, 1.165) is 39.2 Å². The van der Waals surface area contributed by atoms with E-state index in [1.165, 1.54) is 32.4 Å². The van der Waals surface area contributed by atoms with Crippen LogP contribution in [0.5, 0.6) is 0 Å². The van der Waals surface area contributed by atoms with Gasteiger partial charge in [-0.1, -0.05) is 27.2 Å². The highest BCUT2D eigenvalue weighted by atomic mass is 16.5. The molecule has 0 amide bonds. The van der Waals surface area contributed by atoms with Gasteiger partial charge in [0.1, 0.15) is 0 Å². The smallest absolute Gasteiger partial charge is 0.0705 e. The van der Waals surface area contributed by atoms with Crippen LogP contribution in [0.2, 0.25) is 0 Å². The van der Waals surface area contributed by atoms with Crippen molar-refractivity contribution in [2.75, 3.05) is 39.5 Å². The Morgan fingerprint density at radius 3 is 2.42 bits per heavy atom. The van der Waals surface area contributed by atoms with Crippen LogP contribution in [0.25, 0.3) is 0 Å². The summed E-state index contributed by atoms with van der Waals surface area (Å²) < 4.78 is 11.6. The van der Waals surface area contributed by atoms with Gasteiger partial charge in [-0.3, -0.25) is 0 Å². The first-order chi connectivity index (χ1) is 9.22. The molecule has 1 heterocycles. The van der Waals surface area contributed by atoms with Gasteiger partial charge in [-0.05, 0) is 44.7 Å². The molecular weight excluding hydrogens is 238 g/mol. The number of unbranched alkanes of at least 4 members (excludes halogenated alkanes) is 1. The van der Waals surface area contributed by atoms with Crippen LogP contribution in [0.15, 0.2) is 0 Å². The summed E-state index contributed by atoms with van der Waals surface area (Å²) in [6.45, 7) is 12.7. The maximum absolute atomic E-state index is 6.03. The van der Waals surface area contributed by atoms with Gasteiger partial charge in [0.05, 0.1) is 19.3 Å². The molecular formula is C16H33NO2. The molecule has 1 saturated heterocycles. The lowest BCUT2D eigenvalue weighted by Gasteiger charge is -2.25. The molecule has 3 heteroatoms. The lowest BCUT2D eigenvalue weighted by atomic mass is 10.1. The summed E-state index contributed by atoms with van der Waals surface area (Å²) in [5, 5.41) is 0. The van der Waals surface area contributed by atoms with E-state index in [-0.39, 0.29) is 0 Å². The number of hydrogen-bond acceptors (Lipinski definition) is 3. The van der Waals surface area contributed by atoms with Crippen molar-refractivity contribution in [3.8, 4) is 0 Å². The Labute approximate surface area is 119 Å². The van der Waals surface area contributed by atoms with E-state index in [9.17, 15) is 0 Å². The Balaban J connectivity index is 2.13. The molecule has 1 unspecified atom stereocenters. The van der Waals surface area contributed by atoms with Crippen molar-refractivity contribution in [1.29, 1.82) is 0 Å². The van der Waals surface area contributed by atoms with Gasteiger partial charge in [-0.15, -0.1) is 0 Å². The van der Waals surface area contributed by atoms with Crippen LogP contribution in [0, 0.1) is 5.92 Å². The Morgan fingerprint density at radius 2 is 1.79 bits per heavy atom. The van der Waals surface area contributed by atoms with Crippen LogP contribution in [0.1, 0.15) is 52.9 Å². The molecule has 0 radical (unpaired) electrons. The van der Waals surface area contributed by atoms with Crippen LogP contribution in [0.3, 0.4) is 0 Å². The SMILES string of the molecule is CCCCOCCOC(CC(C)C)CN1CCCC1. The lowest BCUT2D eigenvalue weighted by molar-refractivity contribution is -0.0161. The predicted molar refractivity (Wildman–Crippen MR) is 80.6 cm³/mol. The average Bonchev–Trinajstić information content (AvgIpc) is 2.85. The molecule has 0 aromatic heterocycles. The average molecular weight is 271 g/mol. The largest absolute Gasteiger partial charge is 0.379 e. The lowest BCUT2D eigenvalue weighted by Crippen LogP contribution is -2.33. The number of hydrogen-bond donors (Lipinski definition) is 0. The molecule has 0 aromatic carbocycles. The van der Waals surface area contributed by atoms with Crippen molar-refractivity contribution in [2.24, 2.45) is 5.92 Å². The number of likely N-dealkylation sites (tertiary alicyclic amines) is 1. The van der Waals surface area contributed by atoms with E-state index >= 15 is 0 Å². The van der Waals surface area contributed by atoms with Gasteiger partial charge < -0.3 is 14.4 Å². The topological polar surface area (TPSA) is 21.7 Å². The maximum atomic E-state index is 6.03. The van der Waals surface area contributed by atoms with Gasteiger partial charge in [-0.2, -0.15) is 0 Å². The monoisotopic (exact) mass is 271 g/mol. The molecule has 0 N–H and O–H groups in total. The number of ether oxygens (including phenoxy) is 2. The van der Waals surface area contributed by atoms with Gasteiger partial charge in [0, 0.05) is 13.2 Å². The van der Waals surface area contributed by atoms with E-state index in [1.807, 2.05) is 0 Å². The quantitative estimate of drug-likeness (QED) is 0.538. The highest BCUT2D eigenvalue weighted by Gasteiger charge is 2.18. The normalized spacial score (nSPS) is 18.3. The van der Waals surface area contributed by atoms with Crippen LogP contribution >= 0.6 is 0 Å². The Kier molecular flexibility index (Phi) is 9.48. The minimum Gasteiger partial charge on any atom is -0.379 e. The fourth-order valence-corrected chi connectivity index (χ4v) is 2.60. The molecule has 0 aromatic rings. The molecule has 1 atom stereocenters. The van der Waals surface area contributed by atoms with Gasteiger partial charge in [-0.25, -0.2) is 0 Å². The highest BCUT2D eigenvalue weighted by molar-refractivity contribution is 4.72. The second kappa shape index (κ2) is 10.6. The summed E-state index contributed by atoms with van der Waals surface area (Å²) >= 11 is 0. The third-order valence-electron chi connectivity index (χ3n) is 3.62. The molecule has 114 valence electrons. The second-order valence-corrected chi connectivity index (χ2v) is 6.10. The third-order valence-corrected chi connectivity index (χ3v) is 3.62. The fourth-order valence-electron chi connectivity index (χ4n) is 2.60. The molecule has 0 saturated carbocycles. The Hall–Kier alpha value is -0.120. The van der Waals surface area contributed by atoms with Gasteiger partial charge in [0.25, 0.3) is 0 Å². The molecule has 0 spiro atoms. The van der Waals surface area contributed by atoms with Crippen LogP contribution in [0.4, 0.5) is 0 Å². The minimum atomic E-state index is 0.382. The van der Waals surface area contributed by atoms with Crippen molar-refractivity contribution in [2.45, 2.75) is 59.0 Å². The van der Waals surface area contributed by atoms with Crippen molar-refractivity contribution in [3.63, 3.8) is 0 Å². The van der Waals surface area contributed by atoms with Gasteiger partial charge in [0.2, 0.25) is 0 Å². The van der Waals surface area contributed by atoms with Crippen LogP contribution in [-0.2, 0) is 9.47 Å². The van der Waals surface area contributed by atoms with E-state index in [1.54, 1.807) is 0 Å². The zero-order valence-corrected chi connectivity index (χ0v) is 13.2. The summed E-state index contributed by atoms with van der Waals surface area (Å²) in [7, 11) is 0. The Morgan fingerprint density at radius 1 is 1.05 bits per heavy atom. The third kappa shape index (κ3) is 8.61. The molecule has 3 nitrogen and oxygen atoms in total. The summed E-state index contributed by atoms with van der Waals surface area (Å²) in [6, 6.07) is 0. The maximum Gasteiger partial charge on any atom is 0.0705 e. The molecule has 0 aliphatic carbocycles. The molecule has 19 heavy (non-hydrogen) atoms. The summed E-state index contributed by atoms with van der Waals surface area (Å²) in [5.74, 6) is 0.702. The summed E-state index contributed by atoms with van der Waals surface area (Å²) in [6.07, 6.45) is 6.61. The molecule has 0 bridgehead atoms. The van der Waals surface area contributed by atoms with Crippen molar-refractivity contribution >= 4 is 0 Å². The summed E-state index contributed by atoms with van der Waals surface area (Å²) in [4.78, 5) is 2.55. The van der Waals surface area contributed by atoms with E-state index in [2.05, 4.69) is 25.7 Å². The zero-order chi connectivity index (χ0) is 13.9. The van der Waals surface area contributed by atoms with Gasteiger partial charge in [0.15, 0.2) is 0 Å². The fraction of sp³-hybridized carbons (Fsp3) is 1.00. The van der Waals surface area contributed by atoms with Crippen molar-refractivity contribution in [1.82, 2.24) is 4.90 Å². The van der Waals surface area contributed by atoms with E-state index in [0.29, 0.717) is 12.0 Å². The van der Waals surface area contributed by atoms with Crippen LogP contribution < -0.4 is 0 Å². The second-order valence-electron chi connectivity index (χ2n) is 6.10. The first-order valence-corrected chi connectivity index (χ1v) is 8.14. The first-order valence-electron chi connectivity index (χ1n) is 8.14. The van der Waals surface area contributed by atoms with Crippen molar-refractivity contribution in [3.05, 3.63) is 0 Å². The van der Waals surface area contributed by atoms with Crippen molar-refractivity contribution < 1.29 is 9.47 Å². The standard InChI is InChI=1S/C16H33NO2/c1-4-5-10-18-11-12-19-16(13-15(2)3)14-17-8-6-7-9-17/h15-16H,4-14H2,1-3H3. The minimum absolute atomic E-state index is 0.382. The summed E-state index contributed by atoms with van der Waals surface area (Å²) in [5.41, 5.74) is 0. The number of nitrogens with zero attached hydrogens (tertiary/aromatic N) is 1. The van der Waals surface area contributed by atoms with E-state index in [4.69, 9.17) is 9.47 Å². The zero-order valence-electron chi connectivity index (χ0n) is 13.2. The van der Waals surface area contributed by atoms with Crippen LogP contribution in [-0.4, -0.2) is 50.5 Å². The predicted octanol–water partition coefficient (Wildman–Crippen LogP) is 3.33. The number of rotatable bonds is 11. The molecule has 1 fully saturated rings. The van der Waals surface area contributed by atoms with E-state index < -0.39 is 0 Å². The Bertz CT molecular complexity index is 203. The molecule has 1 rings (SSSR count). The highest BCUT2D eigenvalue weighted by Crippen LogP contribution is 2.14.